The Morgan fingerprint density at radius 2 is 2.12 bits per heavy atom. The molecule has 0 atom stereocenters. The molecule has 0 radical (unpaired) electrons. The van der Waals surface area contributed by atoms with Crippen LogP contribution >= 0.6 is 11.6 Å². The van der Waals surface area contributed by atoms with Gasteiger partial charge in [0.1, 0.15) is 11.3 Å². The minimum absolute atomic E-state index is 0.473. The second kappa shape index (κ2) is 4.97. The van der Waals surface area contributed by atoms with Crippen molar-refractivity contribution in [3.63, 3.8) is 0 Å². The third-order valence-corrected chi connectivity index (χ3v) is 2.41. The Bertz CT molecular complexity index is 515. The lowest BCUT2D eigenvalue weighted by molar-refractivity contribution is 1.07. The van der Waals surface area contributed by atoms with Crippen LogP contribution in [0, 0.1) is 0 Å². The summed E-state index contributed by atoms with van der Waals surface area (Å²) in [7, 11) is 3.85. The van der Waals surface area contributed by atoms with Gasteiger partial charge in [-0.15, -0.1) is 0 Å². The van der Waals surface area contributed by atoms with Gasteiger partial charge in [-0.25, -0.2) is 15.0 Å². The molecule has 0 spiro atoms. The Morgan fingerprint density at radius 1 is 1.29 bits per heavy atom. The van der Waals surface area contributed by atoms with Gasteiger partial charge < -0.3 is 10.2 Å². The summed E-state index contributed by atoms with van der Waals surface area (Å²) in [6.45, 7) is 0. The zero-order valence-corrected chi connectivity index (χ0v) is 10.3. The third kappa shape index (κ3) is 2.62. The van der Waals surface area contributed by atoms with Crippen LogP contribution in [0.3, 0.4) is 0 Å². The number of anilines is 3. The van der Waals surface area contributed by atoms with Gasteiger partial charge >= 0.3 is 0 Å². The molecule has 17 heavy (non-hydrogen) atoms. The van der Waals surface area contributed by atoms with E-state index in [-0.39, 0.29) is 0 Å². The Morgan fingerprint density at radius 3 is 2.82 bits per heavy atom. The van der Waals surface area contributed by atoms with Gasteiger partial charge in [-0.05, 0) is 12.1 Å². The van der Waals surface area contributed by atoms with Crippen LogP contribution in [0.5, 0.6) is 0 Å². The van der Waals surface area contributed by atoms with E-state index < -0.39 is 0 Å². The van der Waals surface area contributed by atoms with E-state index in [4.69, 9.17) is 11.6 Å². The predicted octanol–water partition coefficient (Wildman–Crippen LogP) is 2.33. The summed E-state index contributed by atoms with van der Waals surface area (Å²) in [6, 6.07) is 3.77. The number of rotatable bonds is 3. The molecule has 2 rings (SSSR count). The summed E-state index contributed by atoms with van der Waals surface area (Å²) in [5.74, 6) is 1.39. The van der Waals surface area contributed by atoms with E-state index in [1.165, 1.54) is 6.33 Å². The van der Waals surface area contributed by atoms with Crippen molar-refractivity contribution in [2.75, 3.05) is 24.3 Å². The molecule has 0 saturated heterocycles. The van der Waals surface area contributed by atoms with Crippen LogP contribution in [0.2, 0.25) is 5.02 Å². The number of hydrogen-bond acceptors (Lipinski definition) is 5. The molecule has 0 fully saturated rings. The number of pyridine rings is 1. The van der Waals surface area contributed by atoms with Gasteiger partial charge in [0.05, 0.1) is 11.9 Å². The SMILES string of the molecule is CN(C)c1ncccc1Nc1ncncc1Cl. The number of hydrogen-bond donors (Lipinski definition) is 1. The van der Waals surface area contributed by atoms with Crippen LogP contribution in [0.1, 0.15) is 0 Å². The third-order valence-electron chi connectivity index (χ3n) is 2.13. The summed E-state index contributed by atoms with van der Waals surface area (Å²) in [5, 5.41) is 3.61. The largest absolute Gasteiger partial charge is 0.361 e. The number of nitrogens with one attached hydrogen (secondary N) is 1. The highest BCUT2D eigenvalue weighted by molar-refractivity contribution is 6.32. The zero-order chi connectivity index (χ0) is 12.3. The highest BCUT2D eigenvalue weighted by atomic mass is 35.5. The highest BCUT2D eigenvalue weighted by Crippen LogP contribution is 2.26. The molecule has 2 aromatic rings. The monoisotopic (exact) mass is 249 g/mol. The van der Waals surface area contributed by atoms with Gasteiger partial charge in [0.15, 0.2) is 11.6 Å². The molecule has 0 aliphatic carbocycles. The van der Waals surface area contributed by atoms with Crippen LogP contribution in [0.25, 0.3) is 0 Å². The van der Waals surface area contributed by atoms with E-state index in [1.54, 1.807) is 12.4 Å². The maximum Gasteiger partial charge on any atom is 0.152 e. The molecule has 2 heterocycles. The smallest absolute Gasteiger partial charge is 0.152 e. The van der Waals surface area contributed by atoms with E-state index in [1.807, 2.05) is 31.1 Å². The van der Waals surface area contributed by atoms with Crippen molar-refractivity contribution in [3.8, 4) is 0 Å². The first kappa shape index (κ1) is 11.6. The molecule has 0 amide bonds. The Balaban J connectivity index is 2.34. The lowest BCUT2D eigenvalue weighted by atomic mass is 10.3. The second-order valence-electron chi connectivity index (χ2n) is 3.61. The van der Waals surface area contributed by atoms with Crippen LogP contribution in [0.4, 0.5) is 17.3 Å². The van der Waals surface area contributed by atoms with Crippen molar-refractivity contribution in [2.24, 2.45) is 0 Å². The number of aromatic nitrogens is 3. The molecular weight excluding hydrogens is 238 g/mol. The second-order valence-corrected chi connectivity index (χ2v) is 4.02. The summed E-state index contributed by atoms with van der Waals surface area (Å²) in [4.78, 5) is 14.1. The minimum Gasteiger partial charge on any atom is -0.361 e. The highest BCUT2D eigenvalue weighted by Gasteiger charge is 2.08. The van der Waals surface area contributed by atoms with Gasteiger partial charge in [0.2, 0.25) is 0 Å². The Labute approximate surface area is 104 Å². The molecule has 0 aromatic carbocycles. The van der Waals surface area contributed by atoms with Crippen molar-refractivity contribution in [1.29, 1.82) is 0 Å². The molecule has 0 aliphatic rings. The lowest BCUT2D eigenvalue weighted by Crippen LogP contribution is -2.12. The normalized spacial score (nSPS) is 10.1. The van der Waals surface area contributed by atoms with Gasteiger partial charge in [-0.1, -0.05) is 11.6 Å². The Hall–Kier alpha value is -1.88. The first-order chi connectivity index (χ1) is 8.18. The fourth-order valence-electron chi connectivity index (χ4n) is 1.38. The van der Waals surface area contributed by atoms with Gasteiger partial charge in [0.25, 0.3) is 0 Å². The maximum atomic E-state index is 5.98. The molecule has 0 unspecified atom stereocenters. The lowest BCUT2D eigenvalue weighted by Gasteiger charge is -2.16. The van der Waals surface area contributed by atoms with Crippen molar-refractivity contribution < 1.29 is 0 Å². The van der Waals surface area contributed by atoms with Crippen molar-refractivity contribution in [3.05, 3.63) is 35.9 Å². The summed E-state index contributed by atoms with van der Waals surface area (Å²) in [6.07, 6.45) is 4.73. The van der Waals surface area contributed by atoms with Crippen molar-refractivity contribution in [1.82, 2.24) is 15.0 Å². The van der Waals surface area contributed by atoms with E-state index in [9.17, 15) is 0 Å². The standard InChI is InChI=1S/C11H12ClN5/c1-17(2)11-9(4-3-5-14-11)16-10-8(12)6-13-7-15-10/h3-7H,1-2H3,(H,13,15,16). The summed E-state index contributed by atoms with van der Waals surface area (Å²) in [5.41, 5.74) is 0.845. The van der Waals surface area contributed by atoms with E-state index in [2.05, 4.69) is 20.3 Å². The van der Waals surface area contributed by atoms with Crippen LogP contribution in [-0.4, -0.2) is 29.0 Å². The molecule has 1 N–H and O–H groups in total. The molecule has 5 nitrogen and oxygen atoms in total. The quantitative estimate of drug-likeness (QED) is 0.905. The van der Waals surface area contributed by atoms with Crippen molar-refractivity contribution in [2.45, 2.75) is 0 Å². The molecular formula is C11H12ClN5. The Kier molecular flexibility index (Phi) is 3.39. The van der Waals surface area contributed by atoms with E-state index in [0.29, 0.717) is 10.8 Å². The summed E-state index contributed by atoms with van der Waals surface area (Å²) >= 11 is 5.98. The predicted molar refractivity (Wildman–Crippen MR) is 68.9 cm³/mol. The minimum atomic E-state index is 0.473. The van der Waals surface area contributed by atoms with Gasteiger partial charge in [-0.3, -0.25) is 0 Å². The molecule has 2 aromatic heterocycles. The van der Waals surface area contributed by atoms with E-state index >= 15 is 0 Å². The molecule has 6 heteroatoms. The maximum absolute atomic E-state index is 5.98. The number of nitrogens with zero attached hydrogens (tertiary/aromatic N) is 4. The average molecular weight is 250 g/mol. The topological polar surface area (TPSA) is 53.9 Å². The molecule has 0 bridgehead atoms. The number of halogens is 1. The van der Waals surface area contributed by atoms with Gasteiger partial charge in [0, 0.05) is 20.3 Å². The summed E-state index contributed by atoms with van der Waals surface area (Å²) < 4.78 is 0. The fraction of sp³-hybridized carbons (Fsp3) is 0.182. The first-order valence-corrected chi connectivity index (χ1v) is 5.41. The van der Waals surface area contributed by atoms with E-state index in [0.717, 1.165) is 11.5 Å². The fourth-order valence-corrected chi connectivity index (χ4v) is 1.54. The van der Waals surface area contributed by atoms with Gasteiger partial charge in [-0.2, -0.15) is 0 Å². The van der Waals surface area contributed by atoms with Crippen LogP contribution in [0.15, 0.2) is 30.9 Å². The average Bonchev–Trinajstić information content (AvgIpc) is 2.32. The first-order valence-electron chi connectivity index (χ1n) is 5.03. The zero-order valence-electron chi connectivity index (χ0n) is 9.55. The molecule has 88 valence electrons. The van der Waals surface area contributed by atoms with Crippen LogP contribution in [-0.2, 0) is 0 Å². The van der Waals surface area contributed by atoms with Crippen LogP contribution < -0.4 is 10.2 Å². The molecule has 0 aliphatic heterocycles. The molecule has 0 saturated carbocycles. The van der Waals surface area contributed by atoms with Crippen molar-refractivity contribution >= 4 is 28.9 Å².